The number of amides is 2. The summed E-state index contributed by atoms with van der Waals surface area (Å²) in [6.45, 7) is 7.50. The maximum atomic E-state index is 12.8. The molecule has 0 bridgehead atoms. The van der Waals surface area contributed by atoms with Gasteiger partial charge in [-0.25, -0.2) is 4.79 Å². The highest BCUT2D eigenvalue weighted by molar-refractivity contribution is 7.99. The standard InChI is InChI=1S/C26H30ClN5O4S/c1-15(2)22(29-24(34)17-9-11-19(27)12-10-17)23-30-31-26(32(23)5)37-14-21(33)28-20-8-6-7-18(13-20)25(35)36-16(3)4/h6-13,15-16,22H,14H2,1-5H3,(H,28,33)(H,29,34)/t22-/m1/s1. The lowest BCUT2D eigenvalue weighted by Crippen LogP contribution is -2.33. The topological polar surface area (TPSA) is 115 Å². The number of thioether (sulfide) groups is 1. The predicted octanol–water partition coefficient (Wildman–Crippen LogP) is 4.89. The molecule has 3 rings (SSSR count). The van der Waals surface area contributed by atoms with Crippen molar-refractivity contribution in [2.75, 3.05) is 11.1 Å². The lowest BCUT2D eigenvalue weighted by molar-refractivity contribution is -0.113. The minimum Gasteiger partial charge on any atom is -0.459 e. The largest absolute Gasteiger partial charge is 0.459 e. The summed E-state index contributed by atoms with van der Waals surface area (Å²) in [4.78, 5) is 37.4. The van der Waals surface area contributed by atoms with Gasteiger partial charge < -0.3 is 19.9 Å². The molecule has 2 N–H and O–H groups in total. The van der Waals surface area contributed by atoms with Crippen LogP contribution in [0.15, 0.2) is 53.7 Å². The maximum absolute atomic E-state index is 12.8. The Morgan fingerprint density at radius 1 is 1.03 bits per heavy atom. The number of nitrogens with zero attached hydrogens (tertiary/aromatic N) is 3. The van der Waals surface area contributed by atoms with Crippen molar-refractivity contribution < 1.29 is 19.1 Å². The molecule has 0 saturated heterocycles. The number of nitrogens with one attached hydrogen (secondary N) is 2. The normalized spacial score (nSPS) is 11.9. The fourth-order valence-corrected chi connectivity index (χ4v) is 4.26. The van der Waals surface area contributed by atoms with Crippen LogP contribution in [0, 0.1) is 5.92 Å². The van der Waals surface area contributed by atoms with E-state index in [1.54, 1.807) is 74.0 Å². The third-order valence-corrected chi connectivity index (χ3v) is 6.54. The average Bonchev–Trinajstić information content (AvgIpc) is 3.20. The van der Waals surface area contributed by atoms with Crippen molar-refractivity contribution in [3.63, 3.8) is 0 Å². The molecule has 1 atom stereocenters. The first-order valence-corrected chi connectivity index (χ1v) is 13.1. The van der Waals surface area contributed by atoms with Gasteiger partial charge in [0.05, 0.1) is 23.5 Å². The van der Waals surface area contributed by atoms with E-state index in [9.17, 15) is 14.4 Å². The van der Waals surface area contributed by atoms with Crippen LogP contribution >= 0.6 is 23.4 Å². The van der Waals surface area contributed by atoms with Gasteiger partial charge in [0.1, 0.15) is 0 Å². The van der Waals surface area contributed by atoms with Crippen molar-refractivity contribution in [2.45, 2.75) is 45.0 Å². The lowest BCUT2D eigenvalue weighted by atomic mass is 10.0. The van der Waals surface area contributed by atoms with Crippen LogP contribution in [0.5, 0.6) is 0 Å². The van der Waals surface area contributed by atoms with Gasteiger partial charge in [0.15, 0.2) is 11.0 Å². The first-order chi connectivity index (χ1) is 17.5. The van der Waals surface area contributed by atoms with E-state index in [4.69, 9.17) is 16.3 Å². The van der Waals surface area contributed by atoms with Crippen molar-refractivity contribution in [1.29, 1.82) is 0 Å². The Bertz CT molecular complexity index is 1260. The van der Waals surface area contributed by atoms with Crippen LogP contribution in [0.1, 0.15) is 60.3 Å². The second-order valence-electron chi connectivity index (χ2n) is 8.97. The van der Waals surface area contributed by atoms with Crippen molar-refractivity contribution in [1.82, 2.24) is 20.1 Å². The molecule has 0 unspecified atom stereocenters. The molecule has 0 aliphatic rings. The third kappa shape index (κ3) is 7.80. The molecular formula is C26H30ClN5O4S. The zero-order valence-corrected chi connectivity index (χ0v) is 22.9. The molecule has 0 radical (unpaired) electrons. The quantitative estimate of drug-likeness (QED) is 0.276. The first kappa shape index (κ1) is 28.2. The Morgan fingerprint density at radius 3 is 2.38 bits per heavy atom. The van der Waals surface area contributed by atoms with E-state index >= 15 is 0 Å². The smallest absolute Gasteiger partial charge is 0.338 e. The van der Waals surface area contributed by atoms with Crippen LogP contribution in [-0.2, 0) is 16.6 Å². The zero-order chi connectivity index (χ0) is 27.1. The molecule has 1 heterocycles. The van der Waals surface area contributed by atoms with Gasteiger partial charge in [-0.05, 0) is 62.2 Å². The summed E-state index contributed by atoms with van der Waals surface area (Å²) in [5.41, 5.74) is 1.34. The Labute approximate surface area is 225 Å². The molecule has 196 valence electrons. The van der Waals surface area contributed by atoms with Crippen LogP contribution in [-0.4, -0.2) is 44.4 Å². The molecule has 0 saturated carbocycles. The van der Waals surface area contributed by atoms with Crippen molar-refractivity contribution in [3.05, 3.63) is 70.5 Å². The number of ether oxygens (including phenoxy) is 1. The molecule has 1 aromatic heterocycles. The number of hydrogen-bond donors (Lipinski definition) is 2. The molecule has 0 aliphatic heterocycles. The number of carbonyl (C=O) groups excluding carboxylic acids is 3. The Morgan fingerprint density at radius 2 is 1.73 bits per heavy atom. The van der Waals surface area contributed by atoms with Crippen molar-refractivity contribution in [3.8, 4) is 0 Å². The van der Waals surface area contributed by atoms with E-state index in [1.807, 2.05) is 13.8 Å². The van der Waals surface area contributed by atoms with E-state index in [2.05, 4.69) is 20.8 Å². The van der Waals surface area contributed by atoms with E-state index < -0.39 is 12.0 Å². The van der Waals surface area contributed by atoms with Crippen LogP contribution < -0.4 is 10.6 Å². The van der Waals surface area contributed by atoms with Crippen LogP contribution in [0.25, 0.3) is 0 Å². The second kappa shape index (κ2) is 12.7. The molecule has 9 nitrogen and oxygen atoms in total. The number of carbonyl (C=O) groups is 3. The minimum atomic E-state index is -0.449. The van der Waals surface area contributed by atoms with Crippen LogP contribution in [0.2, 0.25) is 5.02 Å². The molecule has 11 heteroatoms. The lowest BCUT2D eigenvalue weighted by Gasteiger charge is -2.21. The summed E-state index contributed by atoms with van der Waals surface area (Å²) in [6.07, 6.45) is -0.237. The van der Waals surface area contributed by atoms with Gasteiger partial charge in [-0.15, -0.1) is 10.2 Å². The number of halogens is 1. The summed E-state index contributed by atoms with van der Waals surface area (Å²) in [5.74, 6) is -0.260. The van der Waals surface area contributed by atoms with Gasteiger partial charge in [-0.2, -0.15) is 0 Å². The summed E-state index contributed by atoms with van der Waals surface area (Å²) >= 11 is 7.14. The highest BCUT2D eigenvalue weighted by Gasteiger charge is 2.25. The molecular weight excluding hydrogens is 514 g/mol. The van der Waals surface area contributed by atoms with Crippen molar-refractivity contribution in [2.24, 2.45) is 13.0 Å². The highest BCUT2D eigenvalue weighted by Crippen LogP contribution is 2.25. The SMILES string of the molecule is CC(C)OC(=O)c1cccc(NC(=O)CSc2nnc([C@H](NC(=O)c3ccc(Cl)cc3)C(C)C)n2C)c1. The second-order valence-corrected chi connectivity index (χ2v) is 10.4. The molecule has 0 spiro atoms. The van der Waals surface area contributed by atoms with Gasteiger partial charge in [0.2, 0.25) is 5.91 Å². The molecule has 2 amide bonds. The third-order valence-electron chi connectivity index (χ3n) is 5.26. The zero-order valence-electron chi connectivity index (χ0n) is 21.3. The number of benzene rings is 2. The van der Waals surface area contributed by atoms with Crippen molar-refractivity contribution >= 4 is 46.8 Å². The maximum Gasteiger partial charge on any atom is 0.338 e. The summed E-state index contributed by atoms with van der Waals surface area (Å²) in [5, 5.41) is 15.4. The van der Waals surface area contributed by atoms with E-state index in [0.717, 1.165) is 0 Å². The summed E-state index contributed by atoms with van der Waals surface area (Å²) in [7, 11) is 1.79. The summed E-state index contributed by atoms with van der Waals surface area (Å²) < 4.78 is 6.97. The Hall–Kier alpha value is -3.37. The summed E-state index contributed by atoms with van der Waals surface area (Å²) in [6, 6.07) is 12.8. The average molecular weight is 544 g/mol. The van der Waals surface area contributed by atoms with Gasteiger partial charge in [0, 0.05) is 23.3 Å². The fraction of sp³-hybridized carbons (Fsp3) is 0.346. The number of hydrogen-bond acceptors (Lipinski definition) is 7. The number of aromatic nitrogens is 3. The van der Waals surface area contributed by atoms with E-state index in [0.29, 0.717) is 32.8 Å². The minimum absolute atomic E-state index is 0.0370. The van der Waals surface area contributed by atoms with Crippen LogP contribution in [0.3, 0.4) is 0 Å². The first-order valence-electron chi connectivity index (χ1n) is 11.7. The number of esters is 1. The molecule has 2 aromatic carbocycles. The molecule has 0 fully saturated rings. The highest BCUT2D eigenvalue weighted by atomic mass is 35.5. The number of rotatable bonds is 10. The van der Waals surface area contributed by atoms with Gasteiger partial charge in [-0.3, -0.25) is 9.59 Å². The van der Waals surface area contributed by atoms with Gasteiger partial charge in [-0.1, -0.05) is 43.3 Å². The van der Waals surface area contributed by atoms with E-state index in [1.165, 1.54) is 11.8 Å². The van der Waals surface area contributed by atoms with Gasteiger partial charge >= 0.3 is 5.97 Å². The van der Waals surface area contributed by atoms with Crippen LogP contribution in [0.4, 0.5) is 5.69 Å². The van der Waals surface area contributed by atoms with E-state index in [-0.39, 0.29) is 29.6 Å². The van der Waals surface area contributed by atoms with Gasteiger partial charge in [0.25, 0.3) is 5.91 Å². The Kier molecular flexibility index (Phi) is 9.71. The molecule has 3 aromatic rings. The molecule has 37 heavy (non-hydrogen) atoms. The molecule has 0 aliphatic carbocycles. The Balaban J connectivity index is 1.63. The predicted molar refractivity (Wildman–Crippen MR) is 144 cm³/mol. The monoisotopic (exact) mass is 543 g/mol. The fourth-order valence-electron chi connectivity index (χ4n) is 3.41. The number of anilines is 1.